The molecule has 142 valence electrons. The van der Waals surface area contributed by atoms with E-state index in [1.807, 2.05) is 11.0 Å². The molecule has 0 spiro atoms. The number of hydrogen-bond acceptors (Lipinski definition) is 8. The molecule has 0 saturated carbocycles. The van der Waals surface area contributed by atoms with E-state index in [2.05, 4.69) is 41.9 Å². The SMILES string of the molecule is CN1CCN(c2ccc(C(=O)N3CCN(c4ncccn4)CC3)nn2)CC1. The van der Waals surface area contributed by atoms with Crippen LogP contribution in [-0.4, -0.2) is 95.3 Å². The van der Waals surface area contributed by atoms with Crippen molar-refractivity contribution in [3.05, 3.63) is 36.3 Å². The van der Waals surface area contributed by atoms with Crippen molar-refractivity contribution in [2.24, 2.45) is 0 Å². The Labute approximate surface area is 158 Å². The van der Waals surface area contributed by atoms with Crippen molar-refractivity contribution in [2.75, 3.05) is 69.2 Å². The molecule has 0 atom stereocenters. The predicted molar refractivity (Wildman–Crippen MR) is 102 cm³/mol. The average molecular weight is 368 g/mol. The van der Waals surface area contributed by atoms with E-state index < -0.39 is 0 Å². The Bertz CT molecular complexity index is 753. The Morgan fingerprint density at radius 1 is 0.852 bits per heavy atom. The normalized spacial score (nSPS) is 18.6. The van der Waals surface area contributed by atoms with Gasteiger partial charge in [0.15, 0.2) is 11.5 Å². The molecule has 4 heterocycles. The second-order valence-electron chi connectivity index (χ2n) is 6.90. The average Bonchev–Trinajstić information content (AvgIpc) is 2.75. The fraction of sp³-hybridized carbons (Fsp3) is 0.500. The number of carbonyl (C=O) groups is 1. The van der Waals surface area contributed by atoms with E-state index in [4.69, 9.17) is 0 Å². The first-order chi connectivity index (χ1) is 13.2. The Hall–Kier alpha value is -2.81. The topological polar surface area (TPSA) is 81.6 Å². The lowest BCUT2D eigenvalue weighted by molar-refractivity contribution is 0.0739. The van der Waals surface area contributed by atoms with Crippen LogP contribution in [0.3, 0.4) is 0 Å². The molecule has 9 nitrogen and oxygen atoms in total. The number of amides is 1. The third kappa shape index (κ3) is 3.97. The summed E-state index contributed by atoms with van der Waals surface area (Å²) in [7, 11) is 2.12. The molecule has 0 unspecified atom stereocenters. The lowest BCUT2D eigenvalue weighted by atomic mass is 10.2. The molecule has 2 aromatic heterocycles. The Kier molecular flexibility index (Phi) is 5.10. The first-order valence-electron chi connectivity index (χ1n) is 9.29. The number of likely N-dealkylation sites (N-methyl/N-ethyl adjacent to an activating group) is 1. The number of hydrogen-bond donors (Lipinski definition) is 0. The summed E-state index contributed by atoms with van der Waals surface area (Å²) in [5.41, 5.74) is 0.400. The molecule has 4 rings (SSSR count). The van der Waals surface area contributed by atoms with Crippen LogP contribution in [0.25, 0.3) is 0 Å². The fourth-order valence-corrected chi connectivity index (χ4v) is 3.37. The first-order valence-corrected chi connectivity index (χ1v) is 9.29. The number of aromatic nitrogens is 4. The number of carbonyl (C=O) groups excluding carboxylic acids is 1. The van der Waals surface area contributed by atoms with Gasteiger partial charge in [0, 0.05) is 64.8 Å². The van der Waals surface area contributed by atoms with Crippen LogP contribution in [0, 0.1) is 0 Å². The van der Waals surface area contributed by atoms with Gasteiger partial charge in [-0.2, -0.15) is 0 Å². The van der Waals surface area contributed by atoms with E-state index >= 15 is 0 Å². The van der Waals surface area contributed by atoms with E-state index in [1.54, 1.807) is 24.5 Å². The van der Waals surface area contributed by atoms with Crippen molar-refractivity contribution in [2.45, 2.75) is 0 Å². The second kappa shape index (κ2) is 7.83. The first kappa shape index (κ1) is 17.6. The third-order valence-corrected chi connectivity index (χ3v) is 5.10. The summed E-state index contributed by atoms with van der Waals surface area (Å²) in [5.74, 6) is 1.48. The lowest BCUT2D eigenvalue weighted by Crippen LogP contribution is -2.49. The van der Waals surface area contributed by atoms with Crippen LogP contribution in [-0.2, 0) is 0 Å². The minimum absolute atomic E-state index is 0.0685. The molecule has 1 amide bonds. The zero-order valence-corrected chi connectivity index (χ0v) is 15.5. The minimum Gasteiger partial charge on any atom is -0.353 e. The highest BCUT2D eigenvalue weighted by Gasteiger charge is 2.25. The van der Waals surface area contributed by atoms with Crippen LogP contribution in [0.15, 0.2) is 30.6 Å². The zero-order chi connectivity index (χ0) is 18.6. The zero-order valence-electron chi connectivity index (χ0n) is 15.5. The van der Waals surface area contributed by atoms with Crippen molar-refractivity contribution in [3.63, 3.8) is 0 Å². The fourth-order valence-electron chi connectivity index (χ4n) is 3.37. The molecule has 2 aliphatic heterocycles. The molecule has 9 heteroatoms. The molecule has 0 N–H and O–H groups in total. The predicted octanol–water partition coefficient (Wildman–Crippen LogP) is -0.0192. The van der Waals surface area contributed by atoms with E-state index in [0.29, 0.717) is 37.8 Å². The van der Waals surface area contributed by atoms with Crippen molar-refractivity contribution >= 4 is 17.7 Å². The molecule has 0 aliphatic carbocycles. The van der Waals surface area contributed by atoms with Crippen LogP contribution in [0.1, 0.15) is 10.5 Å². The highest BCUT2D eigenvalue weighted by molar-refractivity contribution is 5.92. The quantitative estimate of drug-likeness (QED) is 0.748. The van der Waals surface area contributed by atoms with Crippen LogP contribution in [0.5, 0.6) is 0 Å². The van der Waals surface area contributed by atoms with Gasteiger partial charge in [0.2, 0.25) is 5.95 Å². The van der Waals surface area contributed by atoms with Gasteiger partial charge in [0.05, 0.1) is 0 Å². The van der Waals surface area contributed by atoms with Gasteiger partial charge in [-0.1, -0.05) is 0 Å². The Balaban J connectivity index is 1.35. The number of nitrogens with zero attached hydrogens (tertiary/aromatic N) is 8. The maximum absolute atomic E-state index is 12.7. The van der Waals surface area contributed by atoms with Crippen LogP contribution >= 0.6 is 0 Å². The van der Waals surface area contributed by atoms with Crippen LogP contribution in [0.4, 0.5) is 11.8 Å². The van der Waals surface area contributed by atoms with E-state index in [9.17, 15) is 4.79 Å². The van der Waals surface area contributed by atoms with Gasteiger partial charge >= 0.3 is 0 Å². The third-order valence-electron chi connectivity index (χ3n) is 5.10. The molecule has 2 saturated heterocycles. The number of piperazine rings is 2. The largest absolute Gasteiger partial charge is 0.353 e. The van der Waals surface area contributed by atoms with E-state index in [1.165, 1.54) is 0 Å². The molecule has 2 aromatic rings. The lowest BCUT2D eigenvalue weighted by Gasteiger charge is -2.34. The molecule has 0 bridgehead atoms. The maximum atomic E-state index is 12.7. The minimum atomic E-state index is -0.0685. The summed E-state index contributed by atoms with van der Waals surface area (Å²) in [4.78, 5) is 29.7. The Morgan fingerprint density at radius 2 is 1.52 bits per heavy atom. The number of rotatable bonds is 3. The number of anilines is 2. The molecular formula is C18H24N8O. The van der Waals surface area contributed by atoms with Gasteiger partial charge in [0.1, 0.15) is 0 Å². The maximum Gasteiger partial charge on any atom is 0.274 e. The summed E-state index contributed by atoms with van der Waals surface area (Å²) in [6.45, 7) is 6.56. The van der Waals surface area contributed by atoms with E-state index in [-0.39, 0.29) is 5.91 Å². The molecule has 27 heavy (non-hydrogen) atoms. The highest BCUT2D eigenvalue weighted by atomic mass is 16.2. The Morgan fingerprint density at radius 3 is 2.15 bits per heavy atom. The molecule has 2 fully saturated rings. The summed E-state index contributed by atoms with van der Waals surface area (Å²) in [6, 6.07) is 5.49. The summed E-state index contributed by atoms with van der Waals surface area (Å²) in [6.07, 6.45) is 3.47. The van der Waals surface area contributed by atoms with Crippen LogP contribution in [0.2, 0.25) is 0 Å². The van der Waals surface area contributed by atoms with Crippen molar-refractivity contribution in [1.82, 2.24) is 30.0 Å². The standard InChI is InChI=1S/C18H24N8O/c1-23-7-9-24(10-8-23)16-4-3-15(21-22-16)17(27)25-11-13-26(14-12-25)18-19-5-2-6-20-18/h2-6H,7-14H2,1H3. The summed E-state index contributed by atoms with van der Waals surface area (Å²) in [5, 5.41) is 8.48. The summed E-state index contributed by atoms with van der Waals surface area (Å²) >= 11 is 0. The van der Waals surface area contributed by atoms with Gasteiger partial charge in [0.25, 0.3) is 5.91 Å². The van der Waals surface area contributed by atoms with Gasteiger partial charge in [-0.25, -0.2) is 9.97 Å². The molecular weight excluding hydrogens is 344 g/mol. The van der Waals surface area contributed by atoms with Crippen molar-refractivity contribution in [3.8, 4) is 0 Å². The van der Waals surface area contributed by atoms with Gasteiger partial charge in [-0.15, -0.1) is 10.2 Å². The van der Waals surface area contributed by atoms with Crippen LogP contribution < -0.4 is 9.80 Å². The van der Waals surface area contributed by atoms with Crippen molar-refractivity contribution in [1.29, 1.82) is 0 Å². The van der Waals surface area contributed by atoms with E-state index in [0.717, 1.165) is 32.0 Å². The molecule has 2 aliphatic rings. The second-order valence-corrected chi connectivity index (χ2v) is 6.90. The van der Waals surface area contributed by atoms with Gasteiger partial charge in [-0.05, 0) is 25.2 Å². The highest BCUT2D eigenvalue weighted by Crippen LogP contribution is 2.15. The monoisotopic (exact) mass is 368 g/mol. The molecule has 0 radical (unpaired) electrons. The van der Waals surface area contributed by atoms with Gasteiger partial charge in [-0.3, -0.25) is 4.79 Å². The molecule has 0 aromatic carbocycles. The smallest absolute Gasteiger partial charge is 0.274 e. The summed E-state index contributed by atoms with van der Waals surface area (Å²) < 4.78 is 0. The van der Waals surface area contributed by atoms with Gasteiger partial charge < -0.3 is 19.6 Å². The van der Waals surface area contributed by atoms with Crippen molar-refractivity contribution < 1.29 is 4.79 Å².